The molecule has 11 aromatic carbocycles. The smallest absolute Gasteiger partial charge is 0.164 e. The SMILES string of the molecule is c1ccc(-c2nc(-c3ccc(-n4c5ccccc5c5cc6ccccc6cc54)cc3-c3cccc4c3sc3ccccc34)nc(-c3cccc4c5ccccc5c5ccccc5c34)n2)cc1. The van der Waals surface area contributed by atoms with E-state index in [0.29, 0.717) is 17.5 Å². The van der Waals surface area contributed by atoms with Gasteiger partial charge in [0.1, 0.15) is 0 Å². The molecule has 0 saturated heterocycles. The molecule has 0 N–H and O–H groups in total. The molecule has 66 heavy (non-hydrogen) atoms. The van der Waals surface area contributed by atoms with Crippen LogP contribution in [0.5, 0.6) is 0 Å². The van der Waals surface area contributed by atoms with Gasteiger partial charge in [-0.2, -0.15) is 0 Å². The van der Waals surface area contributed by atoms with Gasteiger partial charge < -0.3 is 4.57 Å². The molecular formula is C61H36N4S. The predicted octanol–water partition coefficient (Wildman–Crippen LogP) is 16.6. The van der Waals surface area contributed by atoms with Gasteiger partial charge in [0.15, 0.2) is 17.5 Å². The lowest BCUT2D eigenvalue weighted by Gasteiger charge is -2.17. The Morgan fingerprint density at radius 1 is 0.318 bits per heavy atom. The maximum Gasteiger partial charge on any atom is 0.164 e. The van der Waals surface area contributed by atoms with E-state index >= 15 is 0 Å². The normalized spacial score (nSPS) is 11.9. The van der Waals surface area contributed by atoms with Gasteiger partial charge in [0, 0.05) is 64.3 Å². The van der Waals surface area contributed by atoms with Crippen LogP contribution in [0.3, 0.4) is 0 Å². The van der Waals surface area contributed by atoms with E-state index in [1.807, 2.05) is 29.5 Å². The van der Waals surface area contributed by atoms with Crippen LogP contribution in [0.15, 0.2) is 218 Å². The minimum atomic E-state index is 0.619. The molecule has 0 unspecified atom stereocenters. The zero-order valence-corrected chi connectivity index (χ0v) is 36.3. The standard InChI is InChI=1S/C61H36N4S/c1-2-16-37(17-3-1)59-62-60(64-61(63-59)51-29-14-26-47-43-21-7-6-20-41(43)42-22-8-9-25-46(42)57(47)51)50-33-32-40(36-52(50)49-28-15-27-48-45-24-11-13-31-56(45)66-58(48)49)65-54-30-12-10-23-44(54)53-34-38-18-4-5-19-39(38)35-55(53)65/h1-36H. The van der Waals surface area contributed by atoms with Gasteiger partial charge in [0.25, 0.3) is 0 Å². The molecule has 0 aliphatic rings. The summed E-state index contributed by atoms with van der Waals surface area (Å²) >= 11 is 1.84. The molecule has 0 spiro atoms. The molecular weight excluding hydrogens is 821 g/mol. The van der Waals surface area contributed by atoms with E-state index in [9.17, 15) is 0 Å². The van der Waals surface area contributed by atoms with Crippen LogP contribution in [0.4, 0.5) is 0 Å². The molecule has 306 valence electrons. The van der Waals surface area contributed by atoms with Crippen molar-refractivity contribution in [1.82, 2.24) is 19.5 Å². The fourth-order valence-electron chi connectivity index (χ4n) is 10.5. The van der Waals surface area contributed by atoms with Gasteiger partial charge in [-0.15, -0.1) is 11.3 Å². The number of benzene rings is 11. The van der Waals surface area contributed by atoms with Crippen molar-refractivity contribution in [2.45, 2.75) is 0 Å². The van der Waals surface area contributed by atoms with Crippen molar-refractivity contribution >= 4 is 96.4 Å². The molecule has 14 aromatic rings. The Labute approximate surface area is 383 Å². The highest BCUT2D eigenvalue weighted by molar-refractivity contribution is 7.26. The van der Waals surface area contributed by atoms with Crippen LogP contribution in [0, 0.1) is 0 Å². The second-order valence-electron chi connectivity index (χ2n) is 17.1. The van der Waals surface area contributed by atoms with Crippen LogP contribution in [0.1, 0.15) is 0 Å². The lowest BCUT2D eigenvalue weighted by molar-refractivity contribution is 1.08. The molecule has 3 heterocycles. The predicted molar refractivity (Wildman–Crippen MR) is 279 cm³/mol. The number of rotatable bonds is 5. The molecule has 0 radical (unpaired) electrons. The average molecular weight is 857 g/mol. The first kappa shape index (κ1) is 36.9. The summed E-state index contributed by atoms with van der Waals surface area (Å²) in [7, 11) is 0. The second kappa shape index (κ2) is 14.5. The van der Waals surface area contributed by atoms with Gasteiger partial charge in [-0.05, 0) is 85.7 Å². The third-order valence-electron chi connectivity index (χ3n) is 13.4. The van der Waals surface area contributed by atoms with Crippen LogP contribution in [0.2, 0.25) is 0 Å². The third-order valence-corrected chi connectivity index (χ3v) is 14.6. The van der Waals surface area contributed by atoms with Crippen molar-refractivity contribution in [3.05, 3.63) is 218 Å². The van der Waals surface area contributed by atoms with E-state index in [1.165, 1.54) is 68.6 Å². The van der Waals surface area contributed by atoms with Crippen molar-refractivity contribution in [2.75, 3.05) is 0 Å². The average Bonchev–Trinajstić information content (AvgIpc) is 3.93. The molecule has 0 aliphatic heterocycles. The summed E-state index contributed by atoms with van der Waals surface area (Å²) in [5.41, 5.74) is 8.43. The number of hydrogen-bond donors (Lipinski definition) is 0. The van der Waals surface area contributed by atoms with Crippen LogP contribution in [-0.2, 0) is 0 Å². The fourth-order valence-corrected chi connectivity index (χ4v) is 11.7. The van der Waals surface area contributed by atoms with E-state index in [-0.39, 0.29) is 0 Å². The quantitative estimate of drug-likeness (QED) is 0.162. The molecule has 0 aliphatic carbocycles. The molecule has 0 amide bonds. The molecule has 4 nitrogen and oxygen atoms in total. The Balaban J connectivity index is 1.08. The Morgan fingerprint density at radius 2 is 0.879 bits per heavy atom. The fraction of sp³-hybridized carbons (Fsp3) is 0. The van der Waals surface area contributed by atoms with Crippen LogP contribution in [0.25, 0.3) is 136 Å². The van der Waals surface area contributed by atoms with Gasteiger partial charge in [0.05, 0.1) is 11.0 Å². The summed E-state index contributed by atoms with van der Waals surface area (Å²) < 4.78 is 4.92. The summed E-state index contributed by atoms with van der Waals surface area (Å²) in [5.74, 6) is 1.88. The summed E-state index contributed by atoms with van der Waals surface area (Å²) in [6.45, 7) is 0. The first-order valence-electron chi connectivity index (χ1n) is 22.3. The van der Waals surface area contributed by atoms with Crippen LogP contribution >= 0.6 is 11.3 Å². The third kappa shape index (κ3) is 5.60. The van der Waals surface area contributed by atoms with E-state index in [0.717, 1.165) is 49.9 Å². The Kier molecular flexibility index (Phi) is 8.12. The Hall–Kier alpha value is -8.51. The molecule has 14 rings (SSSR count). The van der Waals surface area contributed by atoms with E-state index in [2.05, 4.69) is 205 Å². The van der Waals surface area contributed by atoms with Gasteiger partial charge in [0.2, 0.25) is 0 Å². The van der Waals surface area contributed by atoms with Gasteiger partial charge in [-0.3, -0.25) is 0 Å². The summed E-state index contributed by atoms with van der Waals surface area (Å²) in [6, 6.07) is 78.6. The van der Waals surface area contributed by atoms with E-state index < -0.39 is 0 Å². The maximum absolute atomic E-state index is 5.55. The molecule has 0 fully saturated rings. The number of aromatic nitrogens is 4. The topological polar surface area (TPSA) is 43.6 Å². The monoisotopic (exact) mass is 856 g/mol. The lowest BCUT2D eigenvalue weighted by Crippen LogP contribution is -2.02. The van der Waals surface area contributed by atoms with Crippen molar-refractivity contribution in [1.29, 1.82) is 0 Å². The van der Waals surface area contributed by atoms with Crippen molar-refractivity contribution in [3.63, 3.8) is 0 Å². The number of hydrogen-bond acceptors (Lipinski definition) is 4. The summed E-state index contributed by atoms with van der Waals surface area (Å²) in [6.07, 6.45) is 0. The largest absolute Gasteiger partial charge is 0.309 e. The van der Waals surface area contributed by atoms with Crippen molar-refractivity contribution < 1.29 is 0 Å². The first-order chi connectivity index (χ1) is 32.7. The maximum atomic E-state index is 5.55. The van der Waals surface area contributed by atoms with Crippen molar-refractivity contribution in [2.24, 2.45) is 0 Å². The number of nitrogens with zero attached hydrogens (tertiary/aromatic N) is 4. The zero-order chi connectivity index (χ0) is 43.3. The summed E-state index contributed by atoms with van der Waals surface area (Å²) in [5, 5.41) is 14.5. The highest BCUT2D eigenvalue weighted by Crippen LogP contribution is 2.45. The van der Waals surface area contributed by atoms with Gasteiger partial charge in [-0.25, -0.2) is 15.0 Å². The molecule has 0 bridgehead atoms. The van der Waals surface area contributed by atoms with E-state index in [4.69, 9.17) is 15.0 Å². The number of para-hydroxylation sites is 1. The van der Waals surface area contributed by atoms with Crippen LogP contribution in [-0.4, -0.2) is 19.5 Å². The molecule has 0 atom stereocenters. The second-order valence-corrected chi connectivity index (χ2v) is 18.1. The first-order valence-corrected chi connectivity index (χ1v) is 23.2. The molecule has 3 aromatic heterocycles. The zero-order valence-electron chi connectivity index (χ0n) is 35.5. The highest BCUT2D eigenvalue weighted by Gasteiger charge is 2.23. The minimum absolute atomic E-state index is 0.619. The number of thiophene rings is 1. The minimum Gasteiger partial charge on any atom is -0.309 e. The lowest BCUT2D eigenvalue weighted by atomic mass is 9.91. The Bertz CT molecular complexity index is 4250. The van der Waals surface area contributed by atoms with Crippen molar-refractivity contribution in [3.8, 4) is 51.0 Å². The highest BCUT2D eigenvalue weighted by atomic mass is 32.1. The van der Waals surface area contributed by atoms with Crippen LogP contribution < -0.4 is 0 Å². The summed E-state index contributed by atoms with van der Waals surface area (Å²) in [4.78, 5) is 16.3. The molecule has 5 heteroatoms. The van der Waals surface area contributed by atoms with Gasteiger partial charge >= 0.3 is 0 Å². The number of fused-ring (bicyclic) bond motifs is 13. The van der Waals surface area contributed by atoms with Gasteiger partial charge in [-0.1, -0.05) is 176 Å². The van der Waals surface area contributed by atoms with E-state index in [1.54, 1.807) is 0 Å². The molecule has 0 saturated carbocycles. The Morgan fingerprint density at radius 3 is 1.65 bits per heavy atom.